The lowest BCUT2D eigenvalue weighted by Gasteiger charge is -2.19. The summed E-state index contributed by atoms with van der Waals surface area (Å²) in [6.07, 6.45) is 0. The lowest BCUT2D eigenvalue weighted by atomic mass is 9.85. The van der Waals surface area contributed by atoms with Crippen molar-refractivity contribution in [3.63, 3.8) is 0 Å². The molecular formula is C46H44O4. The Balaban J connectivity index is 2.00. The molecule has 0 amide bonds. The van der Waals surface area contributed by atoms with Crippen LogP contribution in [-0.4, -0.2) is 42.8 Å². The quantitative estimate of drug-likeness (QED) is 0.138. The molecule has 0 bridgehead atoms. The van der Waals surface area contributed by atoms with Crippen LogP contribution >= 0.6 is 0 Å². The summed E-state index contributed by atoms with van der Waals surface area (Å²) in [5.41, 5.74) is 4.36. The number of hydrogen-bond acceptors (Lipinski definition) is 4. The molecule has 4 aromatic carbocycles. The third-order valence-corrected chi connectivity index (χ3v) is 7.00. The van der Waals surface area contributed by atoms with Gasteiger partial charge in [-0.3, -0.25) is 0 Å². The van der Waals surface area contributed by atoms with E-state index in [-0.39, 0.29) is 0 Å². The van der Waals surface area contributed by atoms with Gasteiger partial charge in [-0.25, -0.2) is 0 Å². The van der Waals surface area contributed by atoms with Crippen LogP contribution in [0.1, 0.15) is 99.9 Å². The summed E-state index contributed by atoms with van der Waals surface area (Å²) in [6.45, 7) is 13.2. The van der Waals surface area contributed by atoms with Gasteiger partial charge in [0.15, 0.2) is 0 Å². The Hall–Kier alpha value is -5.30. The predicted octanol–water partition coefficient (Wildman–Crippen LogP) is 7.18. The van der Waals surface area contributed by atoms with E-state index < -0.39 is 22.4 Å². The van der Waals surface area contributed by atoms with Gasteiger partial charge in [0, 0.05) is 22.3 Å². The highest BCUT2D eigenvalue weighted by atomic mass is 16.3. The van der Waals surface area contributed by atoms with Gasteiger partial charge in [0.2, 0.25) is 0 Å². The highest BCUT2D eigenvalue weighted by molar-refractivity contribution is 6.04. The van der Waals surface area contributed by atoms with Crippen LogP contribution < -0.4 is 0 Å². The van der Waals surface area contributed by atoms with Crippen molar-refractivity contribution in [1.82, 2.24) is 0 Å². The van der Waals surface area contributed by atoms with Gasteiger partial charge in [0.25, 0.3) is 0 Å². The van der Waals surface area contributed by atoms with Gasteiger partial charge in [-0.2, -0.15) is 0 Å². The third-order valence-electron chi connectivity index (χ3n) is 7.00. The Morgan fingerprint density at radius 3 is 0.620 bits per heavy atom. The average molecular weight is 661 g/mol. The van der Waals surface area contributed by atoms with Crippen molar-refractivity contribution >= 4 is 11.1 Å². The number of rotatable bonds is 4. The van der Waals surface area contributed by atoms with E-state index in [1.54, 1.807) is 55.4 Å². The normalized spacial score (nSPS) is 11.4. The fourth-order valence-corrected chi connectivity index (χ4v) is 4.69. The molecule has 0 fully saturated rings. The van der Waals surface area contributed by atoms with Gasteiger partial charge in [0.05, 0.1) is 0 Å². The molecule has 4 rings (SSSR count). The van der Waals surface area contributed by atoms with Gasteiger partial charge >= 0.3 is 0 Å². The topological polar surface area (TPSA) is 80.9 Å². The van der Waals surface area contributed by atoms with Crippen LogP contribution in [0.5, 0.6) is 0 Å². The largest absolute Gasteiger partial charge is 0.378 e. The molecule has 0 radical (unpaired) electrons. The fourth-order valence-electron chi connectivity index (χ4n) is 4.69. The van der Waals surface area contributed by atoms with Crippen molar-refractivity contribution in [2.75, 3.05) is 0 Å². The molecule has 50 heavy (non-hydrogen) atoms. The molecule has 0 aliphatic carbocycles. The predicted molar refractivity (Wildman–Crippen MR) is 203 cm³/mol. The molecule has 4 heteroatoms. The van der Waals surface area contributed by atoms with E-state index in [0.29, 0.717) is 0 Å². The van der Waals surface area contributed by atoms with E-state index in [9.17, 15) is 20.4 Å². The summed E-state index contributed by atoms with van der Waals surface area (Å²) in [5, 5.41) is 40.6. The van der Waals surface area contributed by atoms with Crippen LogP contribution in [0.4, 0.5) is 0 Å². The molecule has 0 saturated heterocycles. The molecule has 0 heterocycles. The second-order valence-electron chi connectivity index (χ2n) is 14.3. The molecule has 0 unspecified atom stereocenters. The average Bonchev–Trinajstić information content (AvgIpc) is 3.03. The van der Waals surface area contributed by atoms with E-state index in [4.69, 9.17) is 0 Å². The Labute approximate surface area is 297 Å². The summed E-state index contributed by atoms with van der Waals surface area (Å²) >= 11 is 0. The molecule has 4 aromatic rings. The molecule has 4 N–H and O–H groups in total. The van der Waals surface area contributed by atoms with E-state index in [2.05, 4.69) is 47.4 Å². The molecule has 4 nitrogen and oxygen atoms in total. The standard InChI is InChI=1S/C46H44O4/c1-43(2,47)29-25-33-9-17-37(18-10-33)41(38-19-11-34(12-20-38)26-30-44(3,4)48)42(39-21-13-35(14-22-39)27-31-45(5,6)49)40-23-15-36(16-24-40)28-32-46(7,8)50/h9-24,47-50H,1-8H3. The summed E-state index contributed by atoms with van der Waals surface area (Å²) in [5.74, 6) is 23.8. The third kappa shape index (κ3) is 12.0. The minimum atomic E-state index is -1.11. The zero-order chi connectivity index (χ0) is 36.7. The maximum absolute atomic E-state index is 10.1. The smallest absolute Gasteiger partial charge is 0.120 e. The first-order valence-corrected chi connectivity index (χ1v) is 16.4. The second-order valence-corrected chi connectivity index (χ2v) is 14.3. The first-order chi connectivity index (χ1) is 23.2. The molecule has 0 saturated carbocycles. The van der Waals surface area contributed by atoms with E-state index in [1.807, 2.05) is 97.1 Å². The van der Waals surface area contributed by atoms with Crippen LogP contribution in [0.15, 0.2) is 97.1 Å². The van der Waals surface area contributed by atoms with Crippen LogP contribution in [0, 0.1) is 47.4 Å². The van der Waals surface area contributed by atoms with Gasteiger partial charge in [-0.05, 0) is 137 Å². The van der Waals surface area contributed by atoms with Crippen molar-refractivity contribution < 1.29 is 20.4 Å². The minimum absolute atomic E-state index is 0.776. The highest BCUT2D eigenvalue weighted by Crippen LogP contribution is 2.37. The van der Waals surface area contributed by atoms with Crippen LogP contribution in [0.2, 0.25) is 0 Å². The maximum atomic E-state index is 10.1. The minimum Gasteiger partial charge on any atom is -0.378 e. The lowest BCUT2D eigenvalue weighted by molar-refractivity contribution is 0.143. The second kappa shape index (κ2) is 15.1. The van der Waals surface area contributed by atoms with Crippen LogP contribution in [0.25, 0.3) is 11.1 Å². The molecule has 0 spiro atoms. The van der Waals surface area contributed by atoms with Gasteiger partial charge in [0.1, 0.15) is 22.4 Å². The molecular weight excluding hydrogens is 617 g/mol. The van der Waals surface area contributed by atoms with E-state index in [0.717, 1.165) is 55.7 Å². The van der Waals surface area contributed by atoms with Crippen molar-refractivity contribution in [1.29, 1.82) is 0 Å². The zero-order valence-corrected chi connectivity index (χ0v) is 30.0. The molecule has 0 aliphatic rings. The van der Waals surface area contributed by atoms with E-state index >= 15 is 0 Å². The van der Waals surface area contributed by atoms with Crippen LogP contribution in [0.3, 0.4) is 0 Å². The maximum Gasteiger partial charge on any atom is 0.120 e. The van der Waals surface area contributed by atoms with Crippen molar-refractivity contribution in [3.05, 3.63) is 142 Å². The summed E-state index contributed by atoms with van der Waals surface area (Å²) in [4.78, 5) is 0. The Bertz CT molecular complexity index is 1780. The first-order valence-electron chi connectivity index (χ1n) is 16.4. The van der Waals surface area contributed by atoms with Gasteiger partial charge in [-0.1, -0.05) is 95.9 Å². The molecule has 0 atom stereocenters. The van der Waals surface area contributed by atoms with Crippen LogP contribution in [-0.2, 0) is 0 Å². The summed E-state index contributed by atoms with van der Waals surface area (Å²) in [6, 6.07) is 31.8. The molecule has 252 valence electrons. The number of benzene rings is 4. The SMILES string of the molecule is CC(C)(O)C#Cc1ccc(C(=C(c2ccc(C#CC(C)(C)O)cc2)c2ccc(C#CC(C)(C)O)cc2)c2ccc(C#CC(C)(C)O)cc2)cc1. The molecule has 0 aromatic heterocycles. The van der Waals surface area contributed by atoms with Gasteiger partial charge < -0.3 is 20.4 Å². The lowest BCUT2D eigenvalue weighted by Crippen LogP contribution is -2.14. The monoisotopic (exact) mass is 660 g/mol. The molecule has 0 aliphatic heterocycles. The Morgan fingerprint density at radius 2 is 0.480 bits per heavy atom. The van der Waals surface area contributed by atoms with Gasteiger partial charge in [-0.15, -0.1) is 0 Å². The zero-order valence-electron chi connectivity index (χ0n) is 30.0. The Kier molecular flexibility index (Phi) is 11.3. The van der Waals surface area contributed by atoms with Crippen molar-refractivity contribution in [2.24, 2.45) is 0 Å². The fraction of sp³-hybridized carbons (Fsp3) is 0.261. The number of aliphatic hydroxyl groups is 4. The number of hydrogen-bond donors (Lipinski definition) is 4. The van der Waals surface area contributed by atoms with Crippen molar-refractivity contribution in [3.8, 4) is 47.4 Å². The first kappa shape index (κ1) is 37.5. The van der Waals surface area contributed by atoms with E-state index in [1.165, 1.54) is 0 Å². The van der Waals surface area contributed by atoms with Crippen molar-refractivity contribution in [2.45, 2.75) is 77.8 Å². The summed E-state index contributed by atoms with van der Waals surface area (Å²) in [7, 11) is 0. The summed E-state index contributed by atoms with van der Waals surface area (Å²) < 4.78 is 0. The Morgan fingerprint density at radius 1 is 0.320 bits per heavy atom. The highest BCUT2D eigenvalue weighted by Gasteiger charge is 2.17.